The largest absolute Gasteiger partial charge is 0.481 e. The number of urea groups is 1. The minimum absolute atomic E-state index is 0.0167. The molecule has 7 nitrogen and oxygen atoms in total. The lowest BCUT2D eigenvalue weighted by Gasteiger charge is -2.26. The fourth-order valence-electron chi connectivity index (χ4n) is 3.07. The Hall–Kier alpha value is -2.57. The van der Waals surface area contributed by atoms with Crippen LogP contribution < -0.4 is 16.0 Å². The SMILES string of the molecule is O=C(Nc1cccc(C(=O)NC2CC2)c1)NC1CCC(C(=O)O)CC1. The summed E-state index contributed by atoms with van der Waals surface area (Å²) in [5.41, 5.74) is 1.08. The van der Waals surface area contributed by atoms with Gasteiger partial charge < -0.3 is 21.1 Å². The van der Waals surface area contributed by atoms with E-state index in [-0.39, 0.29) is 29.9 Å². The van der Waals surface area contributed by atoms with Crippen molar-refractivity contribution in [1.29, 1.82) is 0 Å². The van der Waals surface area contributed by atoms with Crippen LogP contribution in [0.4, 0.5) is 10.5 Å². The summed E-state index contributed by atoms with van der Waals surface area (Å²) in [6.07, 6.45) is 4.53. The van der Waals surface area contributed by atoms with Crippen molar-refractivity contribution in [3.05, 3.63) is 29.8 Å². The summed E-state index contributed by atoms with van der Waals surface area (Å²) in [5.74, 6) is -1.19. The Morgan fingerprint density at radius 2 is 1.56 bits per heavy atom. The number of rotatable bonds is 5. The van der Waals surface area contributed by atoms with E-state index in [0.717, 1.165) is 12.8 Å². The highest BCUT2D eigenvalue weighted by molar-refractivity contribution is 5.97. The van der Waals surface area contributed by atoms with Crippen LogP contribution in [0.5, 0.6) is 0 Å². The van der Waals surface area contributed by atoms with Crippen LogP contribution in [0.3, 0.4) is 0 Å². The second-order valence-electron chi connectivity index (χ2n) is 6.81. The molecular formula is C18H23N3O4. The average Bonchev–Trinajstić information content (AvgIpc) is 3.39. The number of amides is 3. The first-order valence-electron chi connectivity index (χ1n) is 8.72. The highest BCUT2D eigenvalue weighted by Crippen LogP contribution is 2.24. The van der Waals surface area contributed by atoms with Gasteiger partial charge in [0.2, 0.25) is 0 Å². The molecule has 0 radical (unpaired) electrons. The van der Waals surface area contributed by atoms with Crippen LogP contribution in [0.2, 0.25) is 0 Å². The van der Waals surface area contributed by atoms with Crippen LogP contribution in [-0.4, -0.2) is 35.1 Å². The molecule has 2 aliphatic carbocycles. The fraction of sp³-hybridized carbons (Fsp3) is 0.500. The molecule has 25 heavy (non-hydrogen) atoms. The third-order valence-corrected chi connectivity index (χ3v) is 4.71. The lowest BCUT2D eigenvalue weighted by molar-refractivity contribution is -0.142. The Morgan fingerprint density at radius 1 is 0.920 bits per heavy atom. The minimum Gasteiger partial charge on any atom is -0.481 e. The number of benzene rings is 1. The number of carbonyl (C=O) groups is 3. The number of carboxylic acid groups (broad SMARTS) is 1. The van der Waals surface area contributed by atoms with E-state index in [0.29, 0.717) is 36.9 Å². The Bertz CT molecular complexity index is 664. The second kappa shape index (κ2) is 7.55. The van der Waals surface area contributed by atoms with E-state index < -0.39 is 5.97 Å². The minimum atomic E-state index is -0.760. The standard InChI is InChI=1S/C18H23N3O4/c22-16(19-13-8-9-13)12-2-1-3-15(10-12)21-18(25)20-14-6-4-11(5-7-14)17(23)24/h1-3,10-11,13-14H,4-9H2,(H,19,22)(H,23,24)(H2,20,21,25). The summed E-state index contributed by atoms with van der Waals surface area (Å²) in [4.78, 5) is 35.1. The monoisotopic (exact) mass is 345 g/mol. The Kier molecular flexibility index (Phi) is 5.21. The van der Waals surface area contributed by atoms with Gasteiger partial charge in [0, 0.05) is 23.3 Å². The molecule has 0 atom stereocenters. The predicted octanol–water partition coefficient (Wildman–Crippen LogP) is 2.34. The van der Waals surface area contributed by atoms with Gasteiger partial charge in [-0.1, -0.05) is 6.07 Å². The molecular weight excluding hydrogens is 322 g/mol. The molecule has 2 aliphatic rings. The molecule has 1 aromatic carbocycles. The van der Waals surface area contributed by atoms with E-state index in [1.807, 2.05) is 0 Å². The van der Waals surface area contributed by atoms with Crippen LogP contribution in [-0.2, 0) is 4.79 Å². The van der Waals surface area contributed by atoms with Crippen LogP contribution in [0.1, 0.15) is 48.9 Å². The molecule has 4 N–H and O–H groups in total. The van der Waals surface area contributed by atoms with Crippen LogP contribution in [0.25, 0.3) is 0 Å². The molecule has 0 aromatic heterocycles. The Labute approximate surface area is 146 Å². The van der Waals surface area contributed by atoms with E-state index in [9.17, 15) is 14.4 Å². The van der Waals surface area contributed by atoms with Gasteiger partial charge >= 0.3 is 12.0 Å². The highest BCUT2D eigenvalue weighted by Gasteiger charge is 2.27. The maximum Gasteiger partial charge on any atom is 0.319 e. The van der Waals surface area contributed by atoms with Crippen LogP contribution >= 0.6 is 0 Å². The molecule has 134 valence electrons. The number of carbonyl (C=O) groups excluding carboxylic acids is 2. The zero-order valence-electron chi connectivity index (χ0n) is 14.0. The summed E-state index contributed by atoms with van der Waals surface area (Å²) in [5, 5.41) is 17.5. The summed E-state index contributed by atoms with van der Waals surface area (Å²) in [6, 6.07) is 6.76. The Balaban J connectivity index is 1.49. The van der Waals surface area contributed by atoms with Crippen LogP contribution in [0, 0.1) is 5.92 Å². The van der Waals surface area contributed by atoms with Gasteiger partial charge in [0.05, 0.1) is 5.92 Å². The Morgan fingerprint density at radius 3 is 2.20 bits per heavy atom. The van der Waals surface area contributed by atoms with E-state index in [1.165, 1.54) is 0 Å². The number of aliphatic carboxylic acids is 1. The number of nitrogens with one attached hydrogen (secondary N) is 3. The average molecular weight is 345 g/mol. The maximum atomic E-state index is 12.1. The first-order valence-corrected chi connectivity index (χ1v) is 8.72. The molecule has 0 saturated heterocycles. The predicted molar refractivity (Wildman–Crippen MR) is 92.5 cm³/mol. The lowest BCUT2D eigenvalue weighted by Crippen LogP contribution is -2.41. The molecule has 1 aromatic rings. The molecule has 0 spiro atoms. The van der Waals surface area contributed by atoms with Crippen molar-refractivity contribution in [3.8, 4) is 0 Å². The first-order chi connectivity index (χ1) is 12.0. The summed E-state index contributed by atoms with van der Waals surface area (Å²) in [6.45, 7) is 0. The summed E-state index contributed by atoms with van der Waals surface area (Å²) in [7, 11) is 0. The molecule has 0 bridgehead atoms. The zero-order valence-corrected chi connectivity index (χ0v) is 14.0. The van der Waals surface area contributed by atoms with Gasteiger partial charge in [-0.05, 0) is 56.7 Å². The maximum absolute atomic E-state index is 12.1. The fourth-order valence-corrected chi connectivity index (χ4v) is 3.07. The number of hydrogen-bond donors (Lipinski definition) is 4. The van der Waals surface area contributed by atoms with Crippen molar-refractivity contribution in [1.82, 2.24) is 10.6 Å². The van der Waals surface area contributed by atoms with E-state index in [1.54, 1.807) is 24.3 Å². The van der Waals surface area contributed by atoms with Gasteiger partial charge in [-0.15, -0.1) is 0 Å². The molecule has 0 unspecified atom stereocenters. The van der Waals surface area contributed by atoms with Crippen molar-refractivity contribution < 1.29 is 19.5 Å². The van der Waals surface area contributed by atoms with Crippen LogP contribution in [0.15, 0.2) is 24.3 Å². The summed E-state index contributed by atoms with van der Waals surface area (Å²) < 4.78 is 0. The molecule has 3 amide bonds. The zero-order chi connectivity index (χ0) is 17.8. The topological polar surface area (TPSA) is 108 Å². The normalized spacial score (nSPS) is 22.7. The van der Waals surface area contributed by atoms with Crippen molar-refractivity contribution in [2.45, 2.75) is 50.6 Å². The van der Waals surface area contributed by atoms with Gasteiger partial charge in [-0.2, -0.15) is 0 Å². The molecule has 2 saturated carbocycles. The van der Waals surface area contributed by atoms with Gasteiger partial charge in [-0.25, -0.2) is 4.79 Å². The van der Waals surface area contributed by atoms with E-state index in [4.69, 9.17) is 5.11 Å². The number of hydrogen-bond acceptors (Lipinski definition) is 3. The first kappa shape index (κ1) is 17.3. The van der Waals surface area contributed by atoms with Gasteiger partial charge in [0.1, 0.15) is 0 Å². The highest BCUT2D eigenvalue weighted by atomic mass is 16.4. The second-order valence-corrected chi connectivity index (χ2v) is 6.81. The number of carboxylic acids is 1. The molecule has 7 heteroatoms. The number of anilines is 1. The third-order valence-electron chi connectivity index (χ3n) is 4.71. The van der Waals surface area contributed by atoms with Crippen molar-refractivity contribution >= 4 is 23.6 Å². The van der Waals surface area contributed by atoms with Gasteiger partial charge in [-0.3, -0.25) is 9.59 Å². The smallest absolute Gasteiger partial charge is 0.319 e. The molecule has 0 aliphatic heterocycles. The molecule has 3 rings (SSSR count). The van der Waals surface area contributed by atoms with Crippen molar-refractivity contribution in [2.75, 3.05) is 5.32 Å². The van der Waals surface area contributed by atoms with Crippen molar-refractivity contribution in [3.63, 3.8) is 0 Å². The third kappa shape index (κ3) is 4.95. The lowest BCUT2D eigenvalue weighted by atomic mass is 9.86. The quantitative estimate of drug-likeness (QED) is 0.657. The summed E-state index contributed by atoms with van der Waals surface area (Å²) >= 11 is 0. The van der Waals surface area contributed by atoms with Gasteiger partial charge in [0.15, 0.2) is 0 Å². The van der Waals surface area contributed by atoms with E-state index >= 15 is 0 Å². The van der Waals surface area contributed by atoms with Crippen molar-refractivity contribution in [2.24, 2.45) is 5.92 Å². The molecule has 0 heterocycles. The molecule has 2 fully saturated rings. The van der Waals surface area contributed by atoms with E-state index in [2.05, 4.69) is 16.0 Å². The van der Waals surface area contributed by atoms with Gasteiger partial charge in [0.25, 0.3) is 5.91 Å².